The summed E-state index contributed by atoms with van der Waals surface area (Å²) in [6.07, 6.45) is 2.05. The van der Waals surface area contributed by atoms with Gasteiger partial charge in [0.05, 0.1) is 11.6 Å². The maximum atomic E-state index is 12.5. The first-order valence-corrected chi connectivity index (χ1v) is 7.20. The van der Waals surface area contributed by atoms with E-state index in [1.54, 1.807) is 19.1 Å². The van der Waals surface area contributed by atoms with Crippen molar-refractivity contribution in [2.75, 3.05) is 11.9 Å². The monoisotopic (exact) mass is 290 g/mol. The molecule has 1 unspecified atom stereocenters. The fourth-order valence-corrected chi connectivity index (χ4v) is 2.87. The number of carbonyl (C=O) groups is 2. The van der Waals surface area contributed by atoms with Gasteiger partial charge in [0.15, 0.2) is 0 Å². The van der Waals surface area contributed by atoms with Gasteiger partial charge in [-0.15, -0.1) is 0 Å². The van der Waals surface area contributed by atoms with E-state index in [1.165, 1.54) is 6.07 Å². The van der Waals surface area contributed by atoms with Crippen LogP contribution in [0, 0.1) is 12.3 Å². The number of benzene rings is 1. The maximum absolute atomic E-state index is 12.5. The lowest BCUT2D eigenvalue weighted by Gasteiger charge is -2.38. The highest BCUT2D eigenvalue weighted by atomic mass is 16.4. The van der Waals surface area contributed by atoms with Crippen molar-refractivity contribution in [1.29, 1.82) is 0 Å². The summed E-state index contributed by atoms with van der Waals surface area (Å²) in [7, 11) is 0. The molecule has 5 nitrogen and oxygen atoms in total. The fraction of sp³-hybridized carbons (Fsp3) is 0.500. The molecule has 1 aliphatic rings. The van der Waals surface area contributed by atoms with Crippen molar-refractivity contribution in [2.45, 2.75) is 39.7 Å². The van der Waals surface area contributed by atoms with Gasteiger partial charge in [-0.25, -0.2) is 4.79 Å². The third-order valence-electron chi connectivity index (χ3n) is 4.21. The highest BCUT2D eigenvalue weighted by Crippen LogP contribution is 2.31. The van der Waals surface area contributed by atoms with Crippen LogP contribution in [-0.2, 0) is 4.79 Å². The number of anilines is 1. The normalized spacial score (nSPS) is 20.8. The zero-order valence-electron chi connectivity index (χ0n) is 12.7. The number of carbonyl (C=O) groups excluding carboxylic acids is 1. The van der Waals surface area contributed by atoms with Gasteiger partial charge in [-0.05, 0) is 49.4 Å². The first-order valence-electron chi connectivity index (χ1n) is 7.20. The standard InChI is InChI=1S/C16H22N2O3/c1-10-11(15(20)21)6-4-7-12(10)18-14(19)13-16(2,3)8-5-9-17-13/h4,6-7,13,17H,5,8-9H2,1-3H3,(H,18,19)(H,20,21). The number of carboxylic acids is 1. The minimum atomic E-state index is -0.986. The molecular weight excluding hydrogens is 268 g/mol. The van der Waals surface area contributed by atoms with E-state index in [4.69, 9.17) is 5.11 Å². The number of hydrogen-bond acceptors (Lipinski definition) is 3. The molecule has 1 amide bonds. The van der Waals surface area contributed by atoms with Crippen LogP contribution in [0.1, 0.15) is 42.6 Å². The van der Waals surface area contributed by atoms with E-state index in [0.717, 1.165) is 19.4 Å². The van der Waals surface area contributed by atoms with Gasteiger partial charge in [0.2, 0.25) is 5.91 Å². The van der Waals surface area contributed by atoms with Crippen LogP contribution in [0.25, 0.3) is 0 Å². The zero-order valence-corrected chi connectivity index (χ0v) is 12.7. The van der Waals surface area contributed by atoms with Crippen LogP contribution in [0.3, 0.4) is 0 Å². The van der Waals surface area contributed by atoms with Crippen LogP contribution in [0.15, 0.2) is 18.2 Å². The lowest BCUT2D eigenvalue weighted by molar-refractivity contribution is -0.121. The van der Waals surface area contributed by atoms with Crippen LogP contribution < -0.4 is 10.6 Å². The van der Waals surface area contributed by atoms with E-state index in [0.29, 0.717) is 11.3 Å². The average Bonchev–Trinajstić information content (AvgIpc) is 2.40. The molecule has 1 aromatic carbocycles. The minimum Gasteiger partial charge on any atom is -0.478 e. The van der Waals surface area contributed by atoms with Crippen molar-refractivity contribution < 1.29 is 14.7 Å². The molecule has 21 heavy (non-hydrogen) atoms. The van der Waals surface area contributed by atoms with Gasteiger partial charge in [-0.3, -0.25) is 4.79 Å². The van der Waals surface area contributed by atoms with Crippen molar-refractivity contribution in [2.24, 2.45) is 5.41 Å². The quantitative estimate of drug-likeness (QED) is 0.799. The first-order chi connectivity index (χ1) is 9.83. The summed E-state index contributed by atoms with van der Waals surface area (Å²) in [5, 5.41) is 15.3. The Labute approximate surface area is 124 Å². The number of piperidine rings is 1. The molecule has 1 aliphatic heterocycles. The van der Waals surface area contributed by atoms with Gasteiger partial charge in [0, 0.05) is 5.69 Å². The Morgan fingerprint density at radius 2 is 2.10 bits per heavy atom. The topological polar surface area (TPSA) is 78.4 Å². The van der Waals surface area contributed by atoms with Gasteiger partial charge in [0.25, 0.3) is 0 Å². The van der Waals surface area contributed by atoms with Crippen molar-refractivity contribution in [3.05, 3.63) is 29.3 Å². The molecule has 5 heteroatoms. The Kier molecular flexibility index (Phi) is 4.32. The molecule has 0 saturated carbocycles. The molecule has 2 rings (SSSR count). The molecule has 1 atom stereocenters. The summed E-state index contributed by atoms with van der Waals surface area (Å²) in [4.78, 5) is 23.6. The summed E-state index contributed by atoms with van der Waals surface area (Å²) < 4.78 is 0. The van der Waals surface area contributed by atoms with Crippen LogP contribution in [0.5, 0.6) is 0 Å². The van der Waals surface area contributed by atoms with Crippen molar-refractivity contribution in [1.82, 2.24) is 5.32 Å². The highest BCUT2D eigenvalue weighted by Gasteiger charge is 2.37. The van der Waals surface area contributed by atoms with Crippen molar-refractivity contribution >= 4 is 17.6 Å². The van der Waals surface area contributed by atoms with Crippen molar-refractivity contribution in [3.8, 4) is 0 Å². The van der Waals surface area contributed by atoms with Crippen LogP contribution in [-0.4, -0.2) is 29.6 Å². The molecule has 0 aromatic heterocycles. The summed E-state index contributed by atoms with van der Waals surface area (Å²) in [5.74, 6) is -1.09. The van der Waals surface area contributed by atoms with E-state index in [2.05, 4.69) is 24.5 Å². The SMILES string of the molecule is Cc1c(NC(=O)C2NCCCC2(C)C)cccc1C(=O)O. The maximum Gasteiger partial charge on any atom is 0.336 e. The summed E-state index contributed by atoms with van der Waals surface area (Å²) in [6.45, 7) is 6.68. The summed E-state index contributed by atoms with van der Waals surface area (Å²) in [6, 6.07) is 4.65. The van der Waals surface area contributed by atoms with Gasteiger partial charge in [0.1, 0.15) is 0 Å². The predicted molar refractivity (Wildman–Crippen MR) is 81.6 cm³/mol. The molecule has 0 bridgehead atoms. The Hall–Kier alpha value is -1.88. The molecule has 1 aromatic rings. The fourth-order valence-electron chi connectivity index (χ4n) is 2.87. The molecule has 114 valence electrons. The molecular formula is C16H22N2O3. The number of aromatic carboxylic acids is 1. The molecule has 0 spiro atoms. The minimum absolute atomic E-state index is 0.106. The third-order valence-corrected chi connectivity index (χ3v) is 4.21. The molecule has 1 heterocycles. The largest absolute Gasteiger partial charge is 0.478 e. The third kappa shape index (κ3) is 3.24. The summed E-state index contributed by atoms with van der Waals surface area (Å²) >= 11 is 0. The van der Waals surface area contributed by atoms with Crippen LogP contribution in [0.4, 0.5) is 5.69 Å². The van der Waals surface area contributed by atoms with E-state index in [1.807, 2.05) is 0 Å². The highest BCUT2D eigenvalue weighted by molar-refractivity contribution is 5.98. The lowest BCUT2D eigenvalue weighted by Crippen LogP contribution is -2.53. The second-order valence-corrected chi connectivity index (χ2v) is 6.25. The van der Waals surface area contributed by atoms with Gasteiger partial charge >= 0.3 is 5.97 Å². The second kappa shape index (κ2) is 5.85. The number of amides is 1. The van der Waals surface area contributed by atoms with E-state index in [-0.39, 0.29) is 22.9 Å². The molecule has 0 aliphatic carbocycles. The smallest absolute Gasteiger partial charge is 0.336 e. The van der Waals surface area contributed by atoms with Crippen molar-refractivity contribution in [3.63, 3.8) is 0 Å². The zero-order chi connectivity index (χ0) is 15.6. The number of hydrogen-bond donors (Lipinski definition) is 3. The van der Waals surface area contributed by atoms with E-state index < -0.39 is 5.97 Å². The van der Waals surface area contributed by atoms with E-state index in [9.17, 15) is 9.59 Å². The number of rotatable bonds is 3. The molecule has 0 radical (unpaired) electrons. The van der Waals surface area contributed by atoms with Crippen LogP contribution >= 0.6 is 0 Å². The Morgan fingerprint density at radius 3 is 2.71 bits per heavy atom. The van der Waals surface area contributed by atoms with Gasteiger partial charge in [-0.1, -0.05) is 19.9 Å². The molecule has 1 saturated heterocycles. The first kappa shape index (κ1) is 15.5. The van der Waals surface area contributed by atoms with E-state index >= 15 is 0 Å². The van der Waals surface area contributed by atoms with Gasteiger partial charge in [-0.2, -0.15) is 0 Å². The molecule has 1 fully saturated rings. The number of carboxylic acid groups (broad SMARTS) is 1. The second-order valence-electron chi connectivity index (χ2n) is 6.25. The summed E-state index contributed by atoms with van der Waals surface area (Å²) in [5.41, 5.74) is 1.24. The van der Waals surface area contributed by atoms with Gasteiger partial charge < -0.3 is 15.7 Å². The Morgan fingerprint density at radius 1 is 1.38 bits per heavy atom. The Bertz CT molecular complexity index is 567. The molecule has 3 N–H and O–H groups in total. The van der Waals surface area contributed by atoms with Crippen LogP contribution in [0.2, 0.25) is 0 Å². The number of nitrogens with one attached hydrogen (secondary N) is 2. The average molecular weight is 290 g/mol. The Balaban J connectivity index is 2.20. The lowest BCUT2D eigenvalue weighted by atomic mass is 9.77. The predicted octanol–water partition coefficient (Wildman–Crippen LogP) is 2.41.